The van der Waals surface area contributed by atoms with E-state index in [4.69, 9.17) is 4.74 Å². The zero-order chi connectivity index (χ0) is 14.5. The van der Waals surface area contributed by atoms with Gasteiger partial charge in [-0.15, -0.1) is 12.4 Å². The van der Waals surface area contributed by atoms with E-state index in [0.717, 1.165) is 30.4 Å². The minimum Gasteiger partial charge on any atom is -0.491 e. The molecule has 1 unspecified atom stereocenters. The van der Waals surface area contributed by atoms with Crippen LogP contribution >= 0.6 is 28.3 Å². The van der Waals surface area contributed by atoms with Gasteiger partial charge < -0.3 is 15.4 Å². The van der Waals surface area contributed by atoms with E-state index in [1.807, 2.05) is 26.0 Å². The highest BCUT2D eigenvalue weighted by Crippen LogP contribution is 2.22. The molecular weight excluding hydrogens is 356 g/mol. The molecule has 0 radical (unpaired) electrons. The molecule has 1 fully saturated rings. The van der Waals surface area contributed by atoms with E-state index >= 15 is 0 Å². The second-order valence-electron chi connectivity index (χ2n) is 5.36. The fourth-order valence-electron chi connectivity index (χ4n) is 2.28. The molecular formula is C15H22BrClN2O2. The summed E-state index contributed by atoms with van der Waals surface area (Å²) in [5, 5.41) is 6.36. The minimum atomic E-state index is -0.0476. The molecule has 1 heterocycles. The Morgan fingerprint density at radius 2 is 2.19 bits per heavy atom. The normalized spacial score (nSPS) is 18.0. The number of rotatable bonds is 4. The molecule has 2 N–H and O–H groups in total. The second-order valence-corrected chi connectivity index (χ2v) is 6.27. The number of carbonyl (C=O) groups is 1. The first-order valence-electron chi connectivity index (χ1n) is 7.03. The highest BCUT2D eigenvalue weighted by Gasteiger charge is 2.17. The highest BCUT2D eigenvalue weighted by molar-refractivity contribution is 9.10. The predicted molar refractivity (Wildman–Crippen MR) is 90.5 cm³/mol. The summed E-state index contributed by atoms with van der Waals surface area (Å²) in [5.74, 6) is 0.662. The first kappa shape index (κ1) is 18.3. The minimum absolute atomic E-state index is 0. The number of nitrogens with one attached hydrogen (secondary N) is 2. The molecule has 0 saturated carbocycles. The van der Waals surface area contributed by atoms with Crippen LogP contribution in [0.3, 0.4) is 0 Å². The quantitative estimate of drug-likeness (QED) is 0.847. The molecule has 4 nitrogen and oxygen atoms in total. The van der Waals surface area contributed by atoms with Crippen LogP contribution in [0.4, 0.5) is 0 Å². The van der Waals surface area contributed by atoms with Crippen molar-refractivity contribution in [3.63, 3.8) is 0 Å². The molecule has 1 aliphatic heterocycles. The van der Waals surface area contributed by atoms with Crippen LogP contribution in [-0.2, 0) is 0 Å². The highest BCUT2D eigenvalue weighted by atomic mass is 79.9. The average Bonchev–Trinajstić information content (AvgIpc) is 2.38. The molecule has 0 spiro atoms. The van der Waals surface area contributed by atoms with Crippen molar-refractivity contribution in [2.24, 2.45) is 0 Å². The van der Waals surface area contributed by atoms with Gasteiger partial charge in [0, 0.05) is 22.6 Å². The van der Waals surface area contributed by atoms with E-state index in [0.29, 0.717) is 11.3 Å². The molecule has 1 amide bonds. The Hall–Kier alpha value is -0.780. The molecule has 0 bridgehead atoms. The van der Waals surface area contributed by atoms with Crippen LogP contribution in [-0.4, -0.2) is 31.1 Å². The van der Waals surface area contributed by atoms with Crippen molar-refractivity contribution in [1.29, 1.82) is 0 Å². The van der Waals surface area contributed by atoms with Crippen molar-refractivity contribution < 1.29 is 9.53 Å². The lowest BCUT2D eigenvalue weighted by molar-refractivity contribution is 0.0930. The summed E-state index contributed by atoms with van der Waals surface area (Å²) in [5.41, 5.74) is 0.626. The van der Waals surface area contributed by atoms with Crippen LogP contribution in [0.1, 0.15) is 37.0 Å². The third-order valence-corrected chi connectivity index (χ3v) is 3.60. The van der Waals surface area contributed by atoms with Gasteiger partial charge >= 0.3 is 0 Å². The number of ether oxygens (including phenoxy) is 1. The van der Waals surface area contributed by atoms with Gasteiger partial charge in [0.1, 0.15) is 5.75 Å². The first-order chi connectivity index (χ1) is 9.54. The zero-order valence-electron chi connectivity index (χ0n) is 12.3. The molecule has 1 atom stereocenters. The summed E-state index contributed by atoms with van der Waals surface area (Å²) >= 11 is 3.42. The van der Waals surface area contributed by atoms with Crippen molar-refractivity contribution in [3.8, 4) is 5.75 Å². The Morgan fingerprint density at radius 3 is 2.81 bits per heavy atom. The van der Waals surface area contributed by atoms with E-state index in [2.05, 4.69) is 26.6 Å². The Labute approximate surface area is 140 Å². The fourth-order valence-corrected chi connectivity index (χ4v) is 2.75. The average molecular weight is 378 g/mol. The standard InChI is InChI=1S/C15H21BrN2O2.ClH/c1-10(2)20-14-7-11(6-12(16)8-14)15(19)18-13-4-3-5-17-9-13;/h6-8,10,13,17H,3-5,9H2,1-2H3,(H,18,19);1H. The maximum atomic E-state index is 12.3. The Balaban J connectivity index is 0.00000220. The van der Waals surface area contributed by atoms with E-state index in [1.165, 1.54) is 0 Å². The molecule has 1 saturated heterocycles. The van der Waals surface area contributed by atoms with Gasteiger partial charge in [-0.2, -0.15) is 0 Å². The van der Waals surface area contributed by atoms with Crippen LogP contribution in [0.25, 0.3) is 0 Å². The first-order valence-corrected chi connectivity index (χ1v) is 7.82. The van der Waals surface area contributed by atoms with Gasteiger partial charge in [0.2, 0.25) is 0 Å². The maximum absolute atomic E-state index is 12.3. The lowest BCUT2D eigenvalue weighted by Crippen LogP contribution is -2.45. The number of piperidine rings is 1. The van der Waals surface area contributed by atoms with Crippen LogP contribution in [0.5, 0.6) is 5.75 Å². The van der Waals surface area contributed by atoms with Crippen molar-refractivity contribution in [3.05, 3.63) is 28.2 Å². The van der Waals surface area contributed by atoms with Gasteiger partial charge in [-0.05, 0) is 51.4 Å². The summed E-state index contributed by atoms with van der Waals surface area (Å²) < 4.78 is 6.50. The lowest BCUT2D eigenvalue weighted by atomic mass is 10.1. The summed E-state index contributed by atoms with van der Waals surface area (Å²) in [6.45, 7) is 5.81. The van der Waals surface area contributed by atoms with Gasteiger partial charge in [-0.25, -0.2) is 0 Å². The molecule has 1 aromatic rings. The summed E-state index contributed by atoms with van der Waals surface area (Å²) in [4.78, 5) is 12.3. The molecule has 21 heavy (non-hydrogen) atoms. The number of benzene rings is 1. The van der Waals surface area contributed by atoms with Gasteiger partial charge in [0.25, 0.3) is 5.91 Å². The van der Waals surface area contributed by atoms with E-state index < -0.39 is 0 Å². The third kappa shape index (κ3) is 5.85. The Kier molecular flexibility index (Phi) is 7.49. The number of amides is 1. The summed E-state index contributed by atoms with van der Waals surface area (Å²) in [6, 6.07) is 5.69. The van der Waals surface area contributed by atoms with Crippen molar-refractivity contribution in [2.75, 3.05) is 13.1 Å². The van der Waals surface area contributed by atoms with Gasteiger partial charge in [-0.1, -0.05) is 15.9 Å². The number of hydrogen-bond donors (Lipinski definition) is 2. The van der Waals surface area contributed by atoms with Crippen LogP contribution in [0.15, 0.2) is 22.7 Å². The summed E-state index contributed by atoms with van der Waals surface area (Å²) in [6.07, 6.45) is 2.22. The van der Waals surface area contributed by atoms with Crippen LogP contribution < -0.4 is 15.4 Å². The van der Waals surface area contributed by atoms with Crippen molar-refractivity contribution in [1.82, 2.24) is 10.6 Å². The largest absolute Gasteiger partial charge is 0.491 e. The fraction of sp³-hybridized carbons (Fsp3) is 0.533. The van der Waals surface area contributed by atoms with Gasteiger partial charge in [-0.3, -0.25) is 4.79 Å². The Bertz CT molecular complexity index is 477. The van der Waals surface area contributed by atoms with E-state index in [-0.39, 0.29) is 30.5 Å². The SMILES string of the molecule is CC(C)Oc1cc(Br)cc(C(=O)NC2CCCNC2)c1.Cl. The van der Waals surface area contributed by atoms with Crippen molar-refractivity contribution >= 4 is 34.2 Å². The zero-order valence-corrected chi connectivity index (χ0v) is 14.7. The molecule has 2 rings (SSSR count). The number of carbonyl (C=O) groups excluding carboxylic acids is 1. The lowest BCUT2D eigenvalue weighted by Gasteiger charge is -2.24. The predicted octanol–water partition coefficient (Wildman–Crippen LogP) is 3.14. The monoisotopic (exact) mass is 376 g/mol. The number of halogens is 2. The van der Waals surface area contributed by atoms with Gasteiger partial charge in [0.05, 0.1) is 6.10 Å². The molecule has 0 aliphatic carbocycles. The smallest absolute Gasteiger partial charge is 0.251 e. The van der Waals surface area contributed by atoms with Gasteiger partial charge in [0.15, 0.2) is 0 Å². The second kappa shape index (κ2) is 8.61. The third-order valence-electron chi connectivity index (χ3n) is 3.14. The molecule has 1 aromatic carbocycles. The van der Waals surface area contributed by atoms with Crippen molar-refractivity contribution in [2.45, 2.75) is 38.8 Å². The van der Waals surface area contributed by atoms with Crippen LogP contribution in [0.2, 0.25) is 0 Å². The Morgan fingerprint density at radius 1 is 1.43 bits per heavy atom. The van der Waals surface area contributed by atoms with E-state index in [9.17, 15) is 4.79 Å². The molecule has 6 heteroatoms. The number of hydrogen-bond acceptors (Lipinski definition) is 3. The molecule has 118 valence electrons. The summed E-state index contributed by atoms with van der Waals surface area (Å²) in [7, 11) is 0. The van der Waals surface area contributed by atoms with Crippen LogP contribution in [0, 0.1) is 0 Å². The molecule has 1 aliphatic rings. The van der Waals surface area contributed by atoms with E-state index in [1.54, 1.807) is 6.07 Å². The topological polar surface area (TPSA) is 50.4 Å². The molecule has 0 aromatic heterocycles. The maximum Gasteiger partial charge on any atom is 0.251 e.